The van der Waals surface area contributed by atoms with Crippen molar-refractivity contribution in [2.45, 2.75) is 20.3 Å². The maximum Gasteiger partial charge on any atom is 0.322 e. The number of ether oxygens (including phenoxy) is 1. The van der Waals surface area contributed by atoms with E-state index in [9.17, 15) is 0 Å². The number of rotatable bonds is 6. The van der Waals surface area contributed by atoms with Gasteiger partial charge in [-0.05, 0) is 25.2 Å². The molecule has 2 atom stereocenters. The Hall–Kier alpha value is -1.59. The van der Waals surface area contributed by atoms with Gasteiger partial charge in [0.1, 0.15) is 0 Å². The van der Waals surface area contributed by atoms with Crippen molar-refractivity contribution in [2.75, 3.05) is 30.8 Å². The van der Waals surface area contributed by atoms with Crippen LogP contribution in [0.2, 0.25) is 0 Å². The number of hydrogen-bond acceptors (Lipinski definition) is 6. The standard InChI is InChI=1S/C11H19N5O/c1-4-12-9-14-10(16-11(15-9)17-3)13-6-8-5-7(8)2/h7-8H,4-6H2,1-3H3,(H2,12,13,14,15,16). The highest BCUT2D eigenvalue weighted by molar-refractivity contribution is 5.35. The molecule has 1 fully saturated rings. The Balaban J connectivity index is 2.00. The molecule has 0 radical (unpaired) electrons. The lowest BCUT2D eigenvalue weighted by Crippen LogP contribution is -2.12. The molecule has 0 spiro atoms. The highest BCUT2D eigenvalue weighted by atomic mass is 16.5. The third kappa shape index (κ3) is 3.18. The van der Waals surface area contributed by atoms with Crippen molar-refractivity contribution in [3.63, 3.8) is 0 Å². The number of nitrogens with one attached hydrogen (secondary N) is 2. The van der Waals surface area contributed by atoms with E-state index in [-0.39, 0.29) is 0 Å². The van der Waals surface area contributed by atoms with Crippen LogP contribution in [-0.2, 0) is 0 Å². The third-order valence-corrected chi connectivity index (χ3v) is 2.93. The largest absolute Gasteiger partial charge is 0.467 e. The van der Waals surface area contributed by atoms with Gasteiger partial charge in [-0.25, -0.2) is 0 Å². The average Bonchev–Trinajstić information content (AvgIpc) is 3.03. The topological polar surface area (TPSA) is 72.0 Å². The number of aromatic nitrogens is 3. The zero-order valence-corrected chi connectivity index (χ0v) is 10.5. The van der Waals surface area contributed by atoms with Crippen molar-refractivity contribution in [3.05, 3.63) is 0 Å². The fourth-order valence-corrected chi connectivity index (χ4v) is 1.67. The molecule has 0 saturated heterocycles. The van der Waals surface area contributed by atoms with E-state index >= 15 is 0 Å². The van der Waals surface area contributed by atoms with E-state index in [4.69, 9.17) is 4.74 Å². The van der Waals surface area contributed by atoms with E-state index in [0.29, 0.717) is 17.9 Å². The Kier molecular flexibility index (Phi) is 3.61. The molecule has 2 N–H and O–H groups in total. The molecule has 1 aromatic rings. The highest BCUT2D eigenvalue weighted by Crippen LogP contribution is 2.37. The van der Waals surface area contributed by atoms with E-state index in [0.717, 1.165) is 24.9 Å². The summed E-state index contributed by atoms with van der Waals surface area (Å²) in [6, 6.07) is 0.335. The Morgan fingerprint density at radius 2 is 1.88 bits per heavy atom. The zero-order valence-electron chi connectivity index (χ0n) is 10.5. The van der Waals surface area contributed by atoms with E-state index in [1.54, 1.807) is 7.11 Å². The number of hydrogen-bond donors (Lipinski definition) is 2. The second kappa shape index (κ2) is 5.16. The lowest BCUT2D eigenvalue weighted by atomic mass is 10.3. The molecule has 1 aromatic heterocycles. The number of anilines is 2. The zero-order chi connectivity index (χ0) is 12.3. The van der Waals surface area contributed by atoms with Gasteiger partial charge >= 0.3 is 6.01 Å². The predicted octanol–water partition coefficient (Wildman–Crippen LogP) is 1.38. The minimum Gasteiger partial charge on any atom is -0.467 e. The first-order chi connectivity index (χ1) is 8.22. The van der Waals surface area contributed by atoms with E-state index in [1.165, 1.54) is 6.42 Å². The summed E-state index contributed by atoms with van der Waals surface area (Å²) in [4.78, 5) is 12.5. The van der Waals surface area contributed by atoms with Gasteiger partial charge in [0.25, 0.3) is 0 Å². The summed E-state index contributed by atoms with van der Waals surface area (Å²) >= 11 is 0. The molecule has 1 heterocycles. The lowest BCUT2D eigenvalue weighted by Gasteiger charge is -2.08. The second-order valence-corrected chi connectivity index (χ2v) is 4.35. The first-order valence-corrected chi connectivity index (χ1v) is 6.00. The van der Waals surface area contributed by atoms with Crippen LogP contribution in [0, 0.1) is 11.8 Å². The van der Waals surface area contributed by atoms with E-state index < -0.39 is 0 Å². The third-order valence-electron chi connectivity index (χ3n) is 2.93. The van der Waals surface area contributed by atoms with Crippen LogP contribution in [0.1, 0.15) is 20.3 Å². The van der Waals surface area contributed by atoms with Gasteiger partial charge in [0.15, 0.2) is 0 Å². The van der Waals surface area contributed by atoms with Crippen molar-refractivity contribution in [2.24, 2.45) is 11.8 Å². The van der Waals surface area contributed by atoms with Gasteiger partial charge < -0.3 is 15.4 Å². The van der Waals surface area contributed by atoms with Crippen molar-refractivity contribution in [1.82, 2.24) is 15.0 Å². The number of nitrogens with zero attached hydrogens (tertiary/aromatic N) is 3. The molecule has 94 valence electrons. The molecule has 1 aliphatic carbocycles. The van der Waals surface area contributed by atoms with Crippen LogP contribution in [0.3, 0.4) is 0 Å². The average molecular weight is 237 g/mol. The van der Waals surface area contributed by atoms with Gasteiger partial charge in [-0.1, -0.05) is 6.92 Å². The SMILES string of the molecule is CCNc1nc(NCC2CC2C)nc(OC)n1. The summed E-state index contributed by atoms with van der Waals surface area (Å²) in [6.45, 7) is 5.94. The van der Waals surface area contributed by atoms with Crippen LogP contribution in [-0.4, -0.2) is 35.2 Å². The molecule has 1 saturated carbocycles. The molecule has 1 aliphatic rings. The van der Waals surface area contributed by atoms with Gasteiger partial charge in [-0.15, -0.1) is 0 Å². The summed E-state index contributed by atoms with van der Waals surface area (Å²) in [7, 11) is 1.55. The first kappa shape index (κ1) is 11.9. The molecule has 6 heteroatoms. The first-order valence-electron chi connectivity index (χ1n) is 6.00. The predicted molar refractivity (Wildman–Crippen MR) is 66.3 cm³/mol. The Morgan fingerprint density at radius 1 is 1.24 bits per heavy atom. The van der Waals surface area contributed by atoms with Crippen molar-refractivity contribution in [3.8, 4) is 6.01 Å². The summed E-state index contributed by atoms with van der Waals surface area (Å²) < 4.78 is 5.04. The quantitative estimate of drug-likeness (QED) is 0.778. The van der Waals surface area contributed by atoms with Gasteiger partial charge in [-0.2, -0.15) is 15.0 Å². The minimum atomic E-state index is 0.335. The Bertz CT molecular complexity index is 384. The molecule has 0 aliphatic heterocycles. The molecule has 0 amide bonds. The van der Waals surface area contributed by atoms with Gasteiger partial charge in [0, 0.05) is 13.1 Å². The lowest BCUT2D eigenvalue weighted by molar-refractivity contribution is 0.379. The summed E-state index contributed by atoms with van der Waals surface area (Å²) in [5.41, 5.74) is 0. The Labute approximate surface area is 101 Å². The molecular weight excluding hydrogens is 218 g/mol. The molecule has 2 unspecified atom stereocenters. The van der Waals surface area contributed by atoms with Crippen LogP contribution in [0.4, 0.5) is 11.9 Å². The molecule has 2 rings (SSSR count). The fourth-order valence-electron chi connectivity index (χ4n) is 1.67. The molecular formula is C11H19N5O. The molecule has 6 nitrogen and oxygen atoms in total. The smallest absolute Gasteiger partial charge is 0.322 e. The maximum atomic E-state index is 5.04. The second-order valence-electron chi connectivity index (χ2n) is 4.35. The summed E-state index contributed by atoms with van der Waals surface area (Å²) in [5.74, 6) is 2.69. The molecule has 17 heavy (non-hydrogen) atoms. The fraction of sp³-hybridized carbons (Fsp3) is 0.727. The van der Waals surface area contributed by atoms with Crippen LogP contribution in [0.25, 0.3) is 0 Å². The molecule has 0 aromatic carbocycles. The van der Waals surface area contributed by atoms with Crippen LogP contribution < -0.4 is 15.4 Å². The summed E-state index contributed by atoms with van der Waals surface area (Å²) in [6.07, 6.45) is 1.29. The van der Waals surface area contributed by atoms with Crippen LogP contribution in [0.5, 0.6) is 6.01 Å². The van der Waals surface area contributed by atoms with Crippen LogP contribution >= 0.6 is 0 Å². The monoisotopic (exact) mass is 237 g/mol. The van der Waals surface area contributed by atoms with Gasteiger partial charge in [0.2, 0.25) is 11.9 Å². The van der Waals surface area contributed by atoms with Gasteiger partial charge in [-0.3, -0.25) is 0 Å². The van der Waals surface area contributed by atoms with Crippen molar-refractivity contribution < 1.29 is 4.74 Å². The number of methoxy groups -OCH3 is 1. The normalized spacial score (nSPS) is 22.1. The van der Waals surface area contributed by atoms with Crippen LogP contribution in [0.15, 0.2) is 0 Å². The van der Waals surface area contributed by atoms with E-state index in [2.05, 4.69) is 32.5 Å². The highest BCUT2D eigenvalue weighted by Gasteiger charge is 2.32. The minimum absolute atomic E-state index is 0.335. The van der Waals surface area contributed by atoms with E-state index in [1.807, 2.05) is 6.92 Å². The maximum absolute atomic E-state index is 5.04. The molecule has 0 bridgehead atoms. The Morgan fingerprint density at radius 3 is 2.41 bits per heavy atom. The van der Waals surface area contributed by atoms with Gasteiger partial charge in [0.05, 0.1) is 7.11 Å². The van der Waals surface area contributed by atoms with Crippen molar-refractivity contribution >= 4 is 11.9 Å². The summed E-state index contributed by atoms with van der Waals surface area (Å²) in [5, 5.41) is 6.28. The van der Waals surface area contributed by atoms with Crippen molar-refractivity contribution in [1.29, 1.82) is 0 Å².